The van der Waals surface area contributed by atoms with Gasteiger partial charge in [0, 0.05) is 26.7 Å². The van der Waals surface area contributed by atoms with Crippen LogP contribution in [0.1, 0.15) is 44.9 Å². The summed E-state index contributed by atoms with van der Waals surface area (Å²) < 4.78 is 33.0. The molecule has 0 aliphatic heterocycles. The molecular formula is C22H44O6. The highest BCUT2D eigenvalue weighted by atomic mass is 16.5. The van der Waals surface area contributed by atoms with Crippen LogP contribution in [0.2, 0.25) is 0 Å². The maximum atomic E-state index is 5.91. The minimum absolute atomic E-state index is 0.156. The Morgan fingerprint density at radius 3 is 1.46 bits per heavy atom. The highest BCUT2D eigenvalue weighted by Crippen LogP contribution is 2.28. The summed E-state index contributed by atoms with van der Waals surface area (Å²) in [7, 11) is 5.06. The van der Waals surface area contributed by atoms with E-state index in [1.165, 1.54) is 25.7 Å². The number of hydrogen-bond donors (Lipinski definition) is 0. The molecule has 0 spiro atoms. The number of ether oxygens (including phenoxy) is 6. The average Bonchev–Trinajstić information content (AvgIpc) is 2.71. The maximum absolute atomic E-state index is 5.91. The molecule has 0 saturated carbocycles. The van der Waals surface area contributed by atoms with Gasteiger partial charge in [-0.15, -0.1) is 6.58 Å². The molecule has 0 aromatic carbocycles. The third-order valence-corrected chi connectivity index (χ3v) is 4.64. The third-order valence-electron chi connectivity index (χ3n) is 4.64. The molecule has 0 aromatic heterocycles. The summed E-state index contributed by atoms with van der Waals surface area (Å²) in [4.78, 5) is 0. The lowest BCUT2D eigenvalue weighted by molar-refractivity contribution is -0.0881. The second-order valence-corrected chi connectivity index (χ2v) is 7.23. The van der Waals surface area contributed by atoms with E-state index in [1.54, 1.807) is 21.3 Å². The first-order chi connectivity index (χ1) is 13.7. The van der Waals surface area contributed by atoms with Crippen LogP contribution >= 0.6 is 0 Å². The normalized spacial score (nSPS) is 11.8. The molecule has 0 radical (unpaired) electrons. The van der Waals surface area contributed by atoms with Gasteiger partial charge in [0.15, 0.2) is 0 Å². The van der Waals surface area contributed by atoms with Crippen LogP contribution in [0.25, 0.3) is 0 Å². The maximum Gasteiger partial charge on any atom is 0.0700 e. The van der Waals surface area contributed by atoms with Crippen LogP contribution in [0.5, 0.6) is 0 Å². The van der Waals surface area contributed by atoms with Gasteiger partial charge in [-0.25, -0.2) is 0 Å². The van der Waals surface area contributed by atoms with Gasteiger partial charge in [0.05, 0.1) is 59.5 Å². The summed E-state index contributed by atoms with van der Waals surface area (Å²) in [6, 6.07) is 0. The lowest BCUT2D eigenvalue weighted by Crippen LogP contribution is -2.38. The van der Waals surface area contributed by atoms with Crippen molar-refractivity contribution in [3.63, 3.8) is 0 Å². The molecule has 28 heavy (non-hydrogen) atoms. The smallest absolute Gasteiger partial charge is 0.0700 e. The summed E-state index contributed by atoms with van der Waals surface area (Å²) >= 11 is 0. The Hall–Kier alpha value is -0.500. The summed E-state index contributed by atoms with van der Waals surface area (Å²) in [5.41, 5.74) is -0.156. The first-order valence-corrected chi connectivity index (χ1v) is 10.6. The molecule has 0 amide bonds. The van der Waals surface area contributed by atoms with Crippen LogP contribution in [0.4, 0.5) is 0 Å². The molecular weight excluding hydrogens is 360 g/mol. The van der Waals surface area contributed by atoms with Gasteiger partial charge in [-0.2, -0.15) is 0 Å². The molecule has 0 heterocycles. The zero-order chi connectivity index (χ0) is 20.8. The monoisotopic (exact) mass is 404 g/mol. The summed E-state index contributed by atoms with van der Waals surface area (Å²) in [6.45, 7) is 9.11. The Morgan fingerprint density at radius 2 is 1.04 bits per heavy atom. The van der Waals surface area contributed by atoms with Crippen LogP contribution in [-0.4, -0.2) is 80.8 Å². The largest absolute Gasteiger partial charge is 0.382 e. The molecule has 6 heteroatoms. The molecule has 0 unspecified atom stereocenters. The van der Waals surface area contributed by atoms with Gasteiger partial charge in [-0.05, 0) is 19.3 Å². The van der Waals surface area contributed by atoms with E-state index in [0.717, 1.165) is 19.3 Å². The standard InChI is InChI=1S/C22H44O6/c1-5-6-7-8-9-10-11-12-22(19-26-16-13-23-2,20-27-17-14-24-3)21-28-18-15-25-4/h5H,1,6-21H2,2-4H3. The fourth-order valence-corrected chi connectivity index (χ4v) is 2.95. The van der Waals surface area contributed by atoms with Gasteiger partial charge in [0.25, 0.3) is 0 Å². The van der Waals surface area contributed by atoms with Gasteiger partial charge < -0.3 is 28.4 Å². The van der Waals surface area contributed by atoms with Crippen molar-refractivity contribution >= 4 is 0 Å². The van der Waals surface area contributed by atoms with E-state index in [9.17, 15) is 0 Å². The number of unbranched alkanes of at least 4 members (excludes halogenated alkanes) is 5. The molecule has 0 aliphatic carbocycles. The van der Waals surface area contributed by atoms with Gasteiger partial charge in [0.1, 0.15) is 0 Å². The van der Waals surface area contributed by atoms with Crippen molar-refractivity contribution in [1.29, 1.82) is 0 Å². The highest BCUT2D eigenvalue weighted by Gasteiger charge is 2.31. The number of hydrogen-bond acceptors (Lipinski definition) is 6. The van der Waals surface area contributed by atoms with Crippen molar-refractivity contribution in [2.24, 2.45) is 5.41 Å². The quantitative estimate of drug-likeness (QED) is 0.190. The Morgan fingerprint density at radius 1 is 0.607 bits per heavy atom. The average molecular weight is 405 g/mol. The van der Waals surface area contributed by atoms with Crippen LogP contribution in [0, 0.1) is 5.41 Å². The second kappa shape index (κ2) is 21.2. The summed E-state index contributed by atoms with van der Waals surface area (Å²) in [6.07, 6.45) is 10.2. The zero-order valence-corrected chi connectivity index (χ0v) is 18.5. The van der Waals surface area contributed by atoms with E-state index in [2.05, 4.69) is 6.58 Å². The van der Waals surface area contributed by atoms with Crippen molar-refractivity contribution in [2.75, 3.05) is 80.8 Å². The highest BCUT2D eigenvalue weighted by molar-refractivity contribution is 4.80. The number of allylic oxidation sites excluding steroid dienone is 1. The van der Waals surface area contributed by atoms with E-state index >= 15 is 0 Å². The topological polar surface area (TPSA) is 55.4 Å². The lowest BCUT2D eigenvalue weighted by atomic mass is 9.84. The van der Waals surface area contributed by atoms with Crippen molar-refractivity contribution in [2.45, 2.75) is 44.9 Å². The molecule has 0 fully saturated rings. The first kappa shape index (κ1) is 27.5. The fourth-order valence-electron chi connectivity index (χ4n) is 2.95. The van der Waals surface area contributed by atoms with Gasteiger partial charge in [0.2, 0.25) is 0 Å². The van der Waals surface area contributed by atoms with Crippen molar-refractivity contribution in [1.82, 2.24) is 0 Å². The van der Waals surface area contributed by atoms with Crippen molar-refractivity contribution < 1.29 is 28.4 Å². The van der Waals surface area contributed by atoms with Crippen molar-refractivity contribution in [3.8, 4) is 0 Å². The van der Waals surface area contributed by atoms with E-state index < -0.39 is 0 Å². The van der Waals surface area contributed by atoms with E-state index in [-0.39, 0.29) is 5.41 Å². The number of methoxy groups -OCH3 is 3. The molecule has 0 aliphatic rings. The molecule has 168 valence electrons. The predicted molar refractivity (Wildman–Crippen MR) is 113 cm³/mol. The Balaban J connectivity index is 4.60. The van der Waals surface area contributed by atoms with Crippen LogP contribution in [0.3, 0.4) is 0 Å². The van der Waals surface area contributed by atoms with E-state index in [0.29, 0.717) is 59.5 Å². The first-order valence-electron chi connectivity index (χ1n) is 10.6. The molecule has 0 atom stereocenters. The fraction of sp³-hybridized carbons (Fsp3) is 0.909. The summed E-state index contributed by atoms with van der Waals surface area (Å²) in [5, 5.41) is 0. The molecule has 0 N–H and O–H groups in total. The minimum atomic E-state index is -0.156. The minimum Gasteiger partial charge on any atom is -0.382 e. The Labute approximate surface area is 172 Å². The molecule has 0 aromatic rings. The Kier molecular flexibility index (Phi) is 20.8. The van der Waals surface area contributed by atoms with Crippen LogP contribution in [-0.2, 0) is 28.4 Å². The summed E-state index contributed by atoms with van der Waals surface area (Å²) in [5.74, 6) is 0. The second-order valence-electron chi connectivity index (χ2n) is 7.23. The van der Waals surface area contributed by atoms with Gasteiger partial charge in [-0.3, -0.25) is 0 Å². The van der Waals surface area contributed by atoms with Gasteiger partial charge >= 0.3 is 0 Å². The van der Waals surface area contributed by atoms with Crippen LogP contribution in [0.15, 0.2) is 12.7 Å². The molecule has 0 bridgehead atoms. The number of rotatable bonds is 23. The van der Waals surface area contributed by atoms with Gasteiger partial charge in [-0.1, -0.05) is 31.8 Å². The zero-order valence-electron chi connectivity index (χ0n) is 18.5. The van der Waals surface area contributed by atoms with Crippen molar-refractivity contribution in [3.05, 3.63) is 12.7 Å². The van der Waals surface area contributed by atoms with Crippen LogP contribution < -0.4 is 0 Å². The Bertz CT molecular complexity index is 293. The molecule has 6 nitrogen and oxygen atoms in total. The molecule has 0 saturated heterocycles. The van der Waals surface area contributed by atoms with E-state index in [1.807, 2.05) is 6.08 Å². The lowest BCUT2D eigenvalue weighted by Gasteiger charge is -2.33. The predicted octanol–water partition coefficient (Wildman–Crippen LogP) is 3.88. The SMILES string of the molecule is C=CCCCCCCCC(COCCOC)(COCCOC)COCCOC. The third kappa shape index (κ3) is 16.5. The van der Waals surface area contributed by atoms with E-state index in [4.69, 9.17) is 28.4 Å². The molecule has 0 rings (SSSR count).